The van der Waals surface area contributed by atoms with Gasteiger partial charge in [-0.05, 0) is 13.0 Å². The molecule has 0 aromatic carbocycles. The molecule has 5 heteroatoms. The molecule has 0 amide bonds. The second-order valence-corrected chi connectivity index (χ2v) is 4.05. The Morgan fingerprint density at radius 1 is 1.22 bits per heavy atom. The topological polar surface area (TPSA) is 56.3 Å². The van der Waals surface area contributed by atoms with Crippen LogP contribution in [0.15, 0.2) is 12.4 Å². The molecule has 0 saturated heterocycles. The summed E-state index contributed by atoms with van der Waals surface area (Å²) in [6, 6.07) is 0.00333. The number of hydrogen-bond donors (Lipinski definition) is 1. The molecule has 102 valence electrons. The Morgan fingerprint density at radius 2 is 1.94 bits per heavy atom. The molecule has 0 bridgehead atoms. The first-order valence-corrected chi connectivity index (χ1v) is 6.39. The summed E-state index contributed by atoms with van der Waals surface area (Å²) in [5, 5.41) is 3.40. The van der Waals surface area contributed by atoms with Crippen LogP contribution < -0.4 is 10.1 Å². The van der Waals surface area contributed by atoms with Crippen molar-refractivity contribution in [1.29, 1.82) is 0 Å². The molecule has 2 atom stereocenters. The Bertz CT molecular complexity index is 347. The number of nitrogens with zero attached hydrogens (tertiary/aromatic N) is 2. The molecule has 0 aliphatic rings. The molecular weight excluding hydrogens is 230 g/mol. The van der Waals surface area contributed by atoms with Gasteiger partial charge in [-0.3, -0.25) is 4.98 Å². The fraction of sp³-hybridized carbons (Fsp3) is 0.692. The minimum absolute atomic E-state index is 0.00333. The maximum atomic E-state index is 5.57. The molecule has 1 N–H and O–H groups in total. The molecule has 1 aromatic heterocycles. The summed E-state index contributed by atoms with van der Waals surface area (Å²) >= 11 is 0. The second kappa shape index (κ2) is 8.00. The van der Waals surface area contributed by atoms with Gasteiger partial charge in [0.25, 0.3) is 0 Å². The van der Waals surface area contributed by atoms with Crippen LogP contribution in [0.3, 0.4) is 0 Å². The van der Waals surface area contributed by atoms with Crippen molar-refractivity contribution < 1.29 is 9.47 Å². The van der Waals surface area contributed by atoms with Crippen molar-refractivity contribution in [2.45, 2.75) is 38.8 Å². The van der Waals surface area contributed by atoms with Crippen LogP contribution in [0.1, 0.15) is 38.4 Å². The summed E-state index contributed by atoms with van der Waals surface area (Å²) in [5.41, 5.74) is 0.808. The van der Waals surface area contributed by atoms with Gasteiger partial charge in [0.1, 0.15) is 5.69 Å². The number of likely N-dealkylation sites (N-methyl/N-ethyl adjacent to an activating group) is 1. The molecule has 0 saturated carbocycles. The number of rotatable bonds is 8. The van der Waals surface area contributed by atoms with E-state index in [0.717, 1.165) is 25.1 Å². The Balaban J connectivity index is 3.01. The average molecular weight is 253 g/mol. The summed E-state index contributed by atoms with van der Waals surface area (Å²) in [4.78, 5) is 8.59. The Hall–Kier alpha value is -1.20. The molecule has 0 spiro atoms. The smallest absolute Gasteiger partial charge is 0.237 e. The summed E-state index contributed by atoms with van der Waals surface area (Å²) in [6.45, 7) is 5.05. The number of methoxy groups -OCH3 is 2. The number of ether oxygens (including phenoxy) is 2. The van der Waals surface area contributed by atoms with E-state index in [9.17, 15) is 0 Å². The van der Waals surface area contributed by atoms with E-state index in [-0.39, 0.29) is 12.1 Å². The van der Waals surface area contributed by atoms with Gasteiger partial charge in [0.05, 0.1) is 19.3 Å². The van der Waals surface area contributed by atoms with Crippen LogP contribution in [-0.2, 0) is 4.74 Å². The highest BCUT2D eigenvalue weighted by Crippen LogP contribution is 2.26. The molecule has 18 heavy (non-hydrogen) atoms. The van der Waals surface area contributed by atoms with E-state index in [4.69, 9.17) is 9.47 Å². The minimum atomic E-state index is 0.00333. The summed E-state index contributed by atoms with van der Waals surface area (Å²) in [5.74, 6) is 0.557. The maximum Gasteiger partial charge on any atom is 0.237 e. The van der Waals surface area contributed by atoms with Crippen molar-refractivity contribution >= 4 is 0 Å². The monoisotopic (exact) mass is 253 g/mol. The minimum Gasteiger partial charge on any atom is -0.480 e. The molecule has 1 heterocycles. The molecule has 1 rings (SSSR count). The molecule has 0 aliphatic carbocycles. The van der Waals surface area contributed by atoms with Crippen LogP contribution in [0, 0.1) is 0 Å². The Morgan fingerprint density at radius 3 is 2.50 bits per heavy atom. The molecule has 0 radical (unpaired) electrons. The summed E-state index contributed by atoms with van der Waals surface area (Å²) in [6.07, 6.45) is 5.41. The zero-order valence-corrected chi connectivity index (χ0v) is 11.6. The lowest BCUT2D eigenvalue weighted by molar-refractivity contribution is 0.0587. The first kappa shape index (κ1) is 14.9. The van der Waals surface area contributed by atoms with Crippen LogP contribution in [0.2, 0.25) is 0 Å². The zero-order valence-electron chi connectivity index (χ0n) is 11.6. The van der Waals surface area contributed by atoms with Gasteiger partial charge in [-0.15, -0.1) is 0 Å². The Labute approximate surface area is 109 Å². The normalized spacial score (nSPS) is 14.2. The molecule has 0 fully saturated rings. The van der Waals surface area contributed by atoms with Crippen molar-refractivity contribution in [2.75, 3.05) is 20.8 Å². The van der Waals surface area contributed by atoms with Gasteiger partial charge < -0.3 is 14.8 Å². The van der Waals surface area contributed by atoms with Crippen molar-refractivity contribution in [2.24, 2.45) is 0 Å². The lowest BCUT2D eigenvalue weighted by Crippen LogP contribution is -2.34. The number of aromatic nitrogens is 2. The van der Waals surface area contributed by atoms with Crippen LogP contribution >= 0.6 is 0 Å². The first-order valence-electron chi connectivity index (χ1n) is 6.39. The van der Waals surface area contributed by atoms with Gasteiger partial charge in [0, 0.05) is 19.5 Å². The van der Waals surface area contributed by atoms with E-state index in [2.05, 4.69) is 29.1 Å². The van der Waals surface area contributed by atoms with Crippen molar-refractivity contribution in [3.05, 3.63) is 18.1 Å². The molecule has 5 nitrogen and oxygen atoms in total. The average Bonchev–Trinajstić information content (AvgIpc) is 2.42. The number of hydrogen-bond acceptors (Lipinski definition) is 5. The maximum absolute atomic E-state index is 5.57. The van der Waals surface area contributed by atoms with Crippen LogP contribution in [0.5, 0.6) is 5.88 Å². The van der Waals surface area contributed by atoms with Gasteiger partial charge in [0.2, 0.25) is 5.88 Å². The van der Waals surface area contributed by atoms with Crippen LogP contribution in [0.4, 0.5) is 0 Å². The molecule has 1 aromatic rings. The van der Waals surface area contributed by atoms with E-state index in [1.807, 2.05) is 0 Å². The first-order chi connectivity index (χ1) is 8.78. The van der Waals surface area contributed by atoms with Crippen LogP contribution in [0.25, 0.3) is 0 Å². The van der Waals surface area contributed by atoms with Crippen molar-refractivity contribution in [3.8, 4) is 5.88 Å². The van der Waals surface area contributed by atoms with Gasteiger partial charge in [-0.25, -0.2) is 4.98 Å². The van der Waals surface area contributed by atoms with E-state index in [1.165, 1.54) is 0 Å². The fourth-order valence-corrected chi connectivity index (χ4v) is 2.04. The largest absolute Gasteiger partial charge is 0.480 e. The van der Waals surface area contributed by atoms with Crippen molar-refractivity contribution in [1.82, 2.24) is 15.3 Å². The quantitative estimate of drug-likeness (QED) is 0.767. The van der Waals surface area contributed by atoms with Crippen LogP contribution in [-0.4, -0.2) is 36.8 Å². The highest BCUT2D eigenvalue weighted by molar-refractivity contribution is 5.22. The van der Waals surface area contributed by atoms with Gasteiger partial charge >= 0.3 is 0 Å². The lowest BCUT2D eigenvalue weighted by atomic mass is 10.0. The van der Waals surface area contributed by atoms with Crippen molar-refractivity contribution in [3.63, 3.8) is 0 Å². The Kier molecular flexibility index (Phi) is 6.60. The number of nitrogens with one attached hydrogen (secondary N) is 1. The molecule has 0 aliphatic heterocycles. The van der Waals surface area contributed by atoms with E-state index in [0.29, 0.717) is 5.88 Å². The standard InChI is InChI=1S/C13H23N3O2/c1-5-7-10(17-3)11(14-6-2)12-13(18-4)16-9-8-15-12/h8-11,14H,5-7H2,1-4H3. The molecule has 2 unspecified atom stereocenters. The second-order valence-electron chi connectivity index (χ2n) is 4.05. The lowest BCUT2D eigenvalue weighted by Gasteiger charge is -2.26. The van der Waals surface area contributed by atoms with Gasteiger partial charge in [-0.2, -0.15) is 0 Å². The van der Waals surface area contributed by atoms with E-state index >= 15 is 0 Å². The summed E-state index contributed by atoms with van der Waals surface area (Å²) < 4.78 is 10.8. The molecular formula is C13H23N3O2. The van der Waals surface area contributed by atoms with Gasteiger partial charge in [-0.1, -0.05) is 20.3 Å². The van der Waals surface area contributed by atoms with Gasteiger partial charge in [0.15, 0.2) is 0 Å². The highest BCUT2D eigenvalue weighted by atomic mass is 16.5. The van der Waals surface area contributed by atoms with E-state index < -0.39 is 0 Å². The third-order valence-electron chi connectivity index (χ3n) is 2.85. The third-order valence-corrected chi connectivity index (χ3v) is 2.85. The SMILES string of the molecule is CCCC(OC)C(NCC)c1nccnc1OC. The third kappa shape index (κ3) is 3.65. The predicted octanol–water partition coefficient (Wildman–Crippen LogP) is 1.95. The summed E-state index contributed by atoms with van der Waals surface area (Å²) in [7, 11) is 3.34. The highest BCUT2D eigenvalue weighted by Gasteiger charge is 2.26. The van der Waals surface area contributed by atoms with E-state index in [1.54, 1.807) is 26.6 Å². The fourth-order valence-electron chi connectivity index (χ4n) is 2.04. The predicted molar refractivity (Wildman–Crippen MR) is 70.7 cm³/mol. The zero-order chi connectivity index (χ0) is 13.4.